The minimum absolute atomic E-state index is 0.602. The van der Waals surface area contributed by atoms with E-state index in [2.05, 4.69) is 25.1 Å². The molecule has 1 atom stereocenters. The molecule has 2 N–H and O–H groups in total. The second-order valence-corrected chi connectivity index (χ2v) is 4.14. The lowest BCUT2D eigenvalue weighted by Crippen LogP contribution is -2.17. The van der Waals surface area contributed by atoms with E-state index in [1.807, 2.05) is 0 Å². The molecular weight excluding hydrogens is 186 g/mol. The van der Waals surface area contributed by atoms with Crippen molar-refractivity contribution >= 4 is 0 Å². The van der Waals surface area contributed by atoms with Crippen molar-refractivity contribution in [3.8, 4) is 5.75 Å². The number of aryl methyl sites for hydroxylation is 1. The third-order valence-electron chi connectivity index (χ3n) is 3.16. The Balaban J connectivity index is 2.30. The summed E-state index contributed by atoms with van der Waals surface area (Å²) >= 11 is 0. The second kappa shape index (κ2) is 4.67. The van der Waals surface area contributed by atoms with Gasteiger partial charge in [0.2, 0.25) is 0 Å². The van der Waals surface area contributed by atoms with Gasteiger partial charge in [0, 0.05) is 0 Å². The zero-order valence-electron chi connectivity index (χ0n) is 9.33. The van der Waals surface area contributed by atoms with E-state index >= 15 is 0 Å². The summed E-state index contributed by atoms with van der Waals surface area (Å²) in [7, 11) is 0. The van der Waals surface area contributed by atoms with Gasteiger partial charge in [0.25, 0.3) is 0 Å². The molecule has 1 aliphatic rings. The molecule has 1 heterocycles. The summed E-state index contributed by atoms with van der Waals surface area (Å²) in [5, 5.41) is 0. The fourth-order valence-corrected chi connectivity index (χ4v) is 2.24. The van der Waals surface area contributed by atoms with Crippen LogP contribution in [0, 0.1) is 0 Å². The zero-order valence-corrected chi connectivity index (χ0v) is 9.33. The van der Waals surface area contributed by atoms with Gasteiger partial charge in [-0.1, -0.05) is 19.1 Å². The third kappa shape index (κ3) is 2.15. The Kier molecular flexibility index (Phi) is 3.27. The highest BCUT2D eigenvalue weighted by Gasteiger charge is 2.20. The molecule has 0 radical (unpaired) electrons. The first kappa shape index (κ1) is 10.5. The van der Waals surface area contributed by atoms with E-state index in [1.165, 1.54) is 11.1 Å². The van der Waals surface area contributed by atoms with E-state index in [9.17, 15) is 0 Å². The summed E-state index contributed by atoms with van der Waals surface area (Å²) in [5.74, 6) is 1.67. The van der Waals surface area contributed by atoms with Crippen LogP contribution in [0.1, 0.15) is 36.8 Å². The van der Waals surface area contributed by atoms with Crippen LogP contribution in [0.25, 0.3) is 0 Å². The predicted octanol–water partition coefficient (Wildman–Crippen LogP) is 2.46. The van der Waals surface area contributed by atoms with Gasteiger partial charge in [-0.3, -0.25) is 0 Å². The first-order chi connectivity index (χ1) is 7.35. The van der Waals surface area contributed by atoms with Crippen molar-refractivity contribution in [2.45, 2.75) is 32.1 Å². The fourth-order valence-electron chi connectivity index (χ4n) is 2.24. The Morgan fingerprint density at radius 2 is 2.33 bits per heavy atom. The van der Waals surface area contributed by atoms with Gasteiger partial charge in [-0.15, -0.1) is 0 Å². The quantitative estimate of drug-likeness (QED) is 0.822. The second-order valence-electron chi connectivity index (χ2n) is 4.14. The van der Waals surface area contributed by atoms with Gasteiger partial charge in [-0.2, -0.15) is 0 Å². The summed E-state index contributed by atoms with van der Waals surface area (Å²) in [6.07, 6.45) is 3.27. The minimum Gasteiger partial charge on any atom is -0.493 e. The number of benzene rings is 1. The van der Waals surface area contributed by atoms with Crippen molar-refractivity contribution in [3.63, 3.8) is 0 Å². The standard InChI is InChI=1S/C13H19NO/c1-2-10-3-4-13-12(9-10)11(5-7-14)6-8-15-13/h3-4,9,11H,2,5-8,14H2,1H3. The maximum Gasteiger partial charge on any atom is 0.122 e. The van der Waals surface area contributed by atoms with Gasteiger partial charge in [-0.05, 0) is 48.9 Å². The molecule has 0 spiro atoms. The zero-order chi connectivity index (χ0) is 10.7. The molecule has 2 nitrogen and oxygen atoms in total. The molecule has 0 bridgehead atoms. The van der Waals surface area contributed by atoms with Crippen molar-refractivity contribution in [1.82, 2.24) is 0 Å². The van der Waals surface area contributed by atoms with Crippen molar-refractivity contribution in [1.29, 1.82) is 0 Å². The van der Waals surface area contributed by atoms with Crippen LogP contribution in [-0.4, -0.2) is 13.2 Å². The number of ether oxygens (including phenoxy) is 1. The van der Waals surface area contributed by atoms with E-state index in [4.69, 9.17) is 10.5 Å². The highest BCUT2D eigenvalue weighted by molar-refractivity contribution is 5.41. The molecular formula is C13H19NO. The Morgan fingerprint density at radius 3 is 3.07 bits per heavy atom. The Hall–Kier alpha value is -1.02. The van der Waals surface area contributed by atoms with Gasteiger partial charge in [0.1, 0.15) is 5.75 Å². The van der Waals surface area contributed by atoms with E-state index < -0.39 is 0 Å². The predicted molar refractivity (Wildman–Crippen MR) is 62.3 cm³/mol. The van der Waals surface area contributed by atoms with Crippen LogP contribution >= 0.6 is 0 Å². The molecule has 2 rings (SSSR count). The van der Waals surface area contributed by atoms with Crippen molar-refractivity contribution in [3.05, 3.63) is 29.3 Å². The highest BCUT2D eigenvalue weighted by atomic mass is 16.5. The molecule has 2 heteroatoms. The van der Waals surface area contributed by atoms with Crippen LogP contribution in [-0.2, 0) is 6.42 Å². The van der Waals surface area contributed by atoms with Crippen LogP contribution in [0.15, 0.2) is 18.2 Å². The summed E-state index contributed by atoms with van der Waals surface area (Å²) < 4.78 is 5.66. The summed E-state index contributed by atoms with van der Waals surface area (Å²) in [5.41, 5.74) is 8.40. The Labute approximate surface area is 91.4 Å². The number of rotatable bonds is 3. The van der Waals surface area contributed by atoms with Crippen LogP contribution in [0.5, 0.6) is 5.75 Å². The number of hydrogen-bond acceptors (Lipinski definition) is 2. The van der Waals surface area contributed by atoms with E-state index in [-0.39, 0.29) is 0 Å². The topological polar surface area (TPSA) is 35.2 Å². The Morgan fingerprint density at radius 1 is 1.47 bits per heavy atom. The molecule has 0 fully saturated rings. The van der Waals surface area contributed by atoms with Crippen molar-refractivity contribution in [2.75, 3.05) is 13.2 Å². The summed E-state index contributed by atoms with van der Waals surface area (Å²) in [6.45, 7) is 3.78. The third-order valence-corrected chi connectivity index (χ3v) is 3.16. The van der Waals surface area contributed by atoms with Gasteiger partial charge >= 0.3 is 0 Å². The molecule has 0 saturated heterocycles. The number of hydrogen-bond donors (Lipinski definition) is 1. The first-order valence-electron chi connectivity index (χ1n) is 5.80. The molecule has 15 heavy (non-hydrogen) atoms. The molecule has 1 aromatic rings. The van der Waals surface area contributed by atoms with Crippen LogP contribution < -0.4 is 10.5 Å². The molecule has 0 amide bonds. The summed E-state index contributed by atoms with van der Waals surface area (Å²) in [4.78, 5) is 0. The fraction of sp³-hybridized carbons (Fsp3) is 0.538. The van der Waals surface area contributed by atoms with E-state index in [0.717, 1.165) is 38.2 Å². The molecule has 82 valence electrons. The Bertz CT molecular complexity index is 335. The summed E-state index contributed by atoms with van der Waals surface area (Å²) in [6, 6.07) is 6.55. The molecule has 1 unspecified atom stereocenters. The molecule has 0 aliphatic carbocycles. The highest BCUT2D eigenvalue weighted by Crippen LogP contribution is 2.36. The van der Waals surface area contributed by atoms with Crippen molar-refractivity contribution < 1.29 is 4.74 Å². The average Bonchev–Trinajstić information content (AvgIpc) is 2.29. The lowest BCUT2D eigenvalue weighted by atomic mass is 9.89. The van der Waals surface area contributed by atoms with Crippen LogP contribution in [0.2, 0.25) is 0 Å². The van der Waals surface area contributed by atoms with Gasteiger partial charge in [-0.25, -0.2) is 0 Å². The monoisotopic (exact) mass is 205 g/mol. The lowest BCUT2D eigenvalue weighted by molar-refractivity contribution is 0.264. The lowest BCUT2D eigenvalue weighted by Gasteiger charge is -2.26. The largest absolute Gasteiger partial charge is 0.493 e. The van der Waals surface area contributed by atoms with E-state index in [1.54, 1.807) is 0 Å². The smallest absolute Gasteiger partial charge is 0.122 e. The van der Waals surface area contributed by atoms with Gasteiger partial charge in [0.05, 0.1) is 6.61 Å². The maximum absolute atomic E-state index is 5.66. The van der Waals surface area contributed by atoms with Gasteiger partial charge in [0.15, 0.2) is 0 Å². The van der Waals surface area contributed by atoms with Crippen LogP contribution in [0.3, 0.4) is 0 Å². The normalized spacial score (nSPS) is 19.5. The first-order valence-corrected chi connectivity index (χ1v) is 5.80. The average molecular weight is 205 g/mol. The molecule has 0 aromatic heterocycles. The minimum atomic E-state index is 0.602. The molecule has 1 aromatic carbocycles. The molecule has 1 aliphatic heterocycles. The SMILES string of the molecule is CCc1ccc2c(c1)C(CCN)CCO2. The van der Waals surface area contributed by atoms with E-state index in [0.29, 0.717) is 5.92 Å². The number of nitrogens with two attached hydrogens (primary N) is 1. The van der Waals surface area contributed by atoms with Gasteiger partial charge < -0.3 is 10.5 Å². The van der Waals surface area contributed by atoms with Crippen molar-refractivity contribution in [2.24, 2.45) is 5.73 Å². The van der Waals surface area contributed by atoms with Crippen LogP contribution in [0.4, 0.5) is 0 Å². The maximum atomic E-state index is 5.66. The molecule has 0 saturated carbocycles. The number of fused-ring (bicyclic) bond motifs is 1.